The molecule has 4 rings (SSSR count). The largest absolute Gasteiger partial charge is 0.490 e. The maximum atomic E-state index is 11.0. The van der Waals surface area contributed by atoms with Gasteiger partial charge < -0.3 is 23.7 Å². The van der Waals surface area contributed by atoms with Crippen LogP contribution in [-0.4, -0.2) is 51.2 Å². The van der Waals surface area contributed by atoms with Gasteiger partial charge in [0.2, 0.25) is 0 Å². The smallest absolute Gasteiger partial charge is 0.193 e. The van der Waals surface area contributed by atoms with Crippen molar-refractivity contribution in [3.05, 3.63) is 30.3 Å². The van der Waals surface area contributed by atoms with E-state index in [1.807, 2.05) is 30.3 Å². The third-order valence-corrected chi connectivity index (χ3v) is 13.4. The number of benzene rings is 1. The molecule has 1 aromatic rings. The number of ether oxygens (including phenoxy) is 3. The summed E-state index contributed by atoms with van der Waals surface area (Å²) in [6.45, 7) is 17.3. The molecule has 1 aromatic carbocycles. The highest BCUT2D eigenvalue weighted by molar-refractivity contribution is 6.74. The Hall–Kier alpha value is -1.36. The first kappa shape index (κ1) is 25.7. The van der Waals surface area contributed by atoms with Gasteiger partial charge in [-0.25, -0.2) is 0 Å². The Bertz CT molecular complexity index is 908. The van der Waals surface area contributed by atoms with E-state index >= 15 is 0 Å². The lowest BCUT2D eigenvalue weighted by atomic mass is 9.42. The van der Waals surface area contributed by atoms with Gasteiger partial charge in [-0.05, 0) is 49.0 Å². The van der Waals surface area contributed by atoms with Gasteiger partial charge in [-0.15, -0.1) is 0 Å². The van der Waals surface area contributed by atoms with Crippen molar-refractivity contribution in [2.45, 2.75) is 83.6 Å². The van der Waals surface area contributed by atoms with E-state index in [1.165, 1.54) is 0 Å². The Morgan fingerprint density at radius 1 is 1.18 bits per heavy atom. The molecule has 0 amide bonds. The summed E-state index contributed by atoms with van der Waals surface area (Å²) < 4.78 is 25.1. The normalized spacial score (nSPS) is 33.4. The first-order chi connectivity index (χ1) is 15.9. The molecule has 2 aliphatic carbocycles. The van der Waals surface area contributed by atoms with Gasteiger partial charge in [-0.2, -0.15) is 0 Å². The molecule has 1 N–H and O–H groups in total. The van der Waals surface area contributed by atoms with Crippen molar-refractivity contribution >= 4 is 8.32 Å². The fourth-order valence-corrected chi connectivity index (χ4v) is 7.27. The van der Waals surface area contributed by atoms with Crippen LogP contribution in [0.3, 0.4) is 0 Å². The summed E-state index contributed by atoms with van der Waals surface area (Å²) in [4.78, 5) is 0. The minimum absolute atomic E-state index is 0.0641. The number of aliphatic hydroxyl groups excluding tert-OH is 1. The van der Waals surface area contributed by atoms with Crippen molar-refractivity contribution in [1.82, 2.24) is 0 Å². The van der Waals surface area contributed by atoms with Crippen molar-refractivity contribution < 1.29 is 23.7 Å². The van der Waals surface area contributed by atoms with Gasteiger partial charge in [0.25, 0.3) is 0 Å². The summed E-state index contributed by atoms with van der Waals surface area (Å²) in [6.07, 6.45) is 0.796. The van der Waals surface area contributed by atoms with E-state index in [-0.39, 0.29) is 34.3 Å². The Balaban J connectivity index is 1.57. The summed E-state index contributed by atoms with van der Waals surface area (Å²) in [6, 6.07) is 9.80. The Morgan fingerprint density at radius 2 is 1.82 bits per heavy atom. The van der Waals surface area contributed by atoms with Crippen LogP contribution in [0.15, 0.2) is 30.3 Å². The van der Waals surface area contributed by atoms with Gasteiger partial charge in [0, 0.05) is 11.3 Å². The number of aliphatic hydroxyl groups is 1. The van der Waals surface area contributed by atoms with Crippen LogP contribution in [0.25, 0.3) is 0 Å². The van der Waals surface area contributed by atoms with Crippen molar-refractivity contribution in [2.75, 3.05) is 19.8 Å². The molecule has 1 unspecified atom stereocenters. The molecule has 188 valence electrons. The maximum absolute atomic E-state index is 11.0. The predicted octanol–water partition coefficient (Wildman–Crippen LogP) is 5.25. The first-order valence-electron chi connectivity index (χ1n) is 12.7. The summed E-state index contributed by atoms with van der Waals surface area (Å²) in [5.74, 6) is 7.47. The second-order valence-electron chi connectivity index (χ2n) is 12.0. The van der Waals surface area contributed by atoms with E-state index < -0.39 is 20.2 Å². The average Bonchev–Trinajstić information content (AvgIpc) is 3.30. The van der Waals surface area contributed by atoms with Gasteiger partial charge in [-0.3, -0.25) is 0 Å². The minimum atomic E-state index is -2.07. The standard InChI is InChI=1S/C28H42O5Si/c1-20-25-23(24(29)15-16-27(25,5)28(20)31-17-18-32-28)14-13-22(33-34(6,7)26(2,3)4)19-30-21-11-9-8-10-12-21/h8-12,20,22-25,29H,15-19H2,1-7H3/t20?,22-,23-,24+,25+,27-/m0/s1. The minimum Gasteiger partial charge on any atom is -0.490 e. The molecular weight excluding hydrogens is 444 g/mol. The summed E-state index contributed by atoms with van der Waals surface area (Å²) in [5, 5.41) is 11.1. The lowest BCUT2D eigenvalue weighted by Crippen LogP contribution is -2.73. The third kappa shape index (κ3) is 4.35. The molecule has 1 heterocycles. The van der Waals surface area contributed by atoms with E-state index in [2.05, 4.69) is 59.6 Å². The Kier molecular flexibility index (Phi) is 7.00. The second kappa shape index (κ2) is 9.26. The van der Waals surface area contributed by atoms with Crippen LogP contribution in [0, 0.1) is 35.0 Å². The molecule has 2 saturated carbocycles. The SMILES string of the molecule is CC1[C@@H]2[C@@H](C#C[C@@H](COc3ccccc3)O[Si](C)(C)C(C)(C)C)[C@H](O)CC[C@]2(C)C12OCCO2. The molecule has 0 bridgehead atoms. The van der Waals surface area contributed by atoms with E-state index in [9.17, 15) is 5.11 Å². The highest BCUT2D eigenvalue weighted by Crippen LogP contribution is 2.69. The molecule has 3 aliphatic rings. The molecule has 1 saturated heterocycles. The highest BCUT2D eigenvalue weighted by Gasteiger charge is 2.74. The van der Waals surface area contributed by atoms with Crippen LogP contribution in [0.5, 0.6) is 5.75 Å². The molecule has 1 spiro atoms. The first-order valence-corrected chi connectivity index (χ1v) is 15.6. The van der Waals surface area contributed by atoms with Gasteiger partial charge in [0.15, 0.2) is 14.1 Å². The third-order valence-electron chi connectivity index (χ3n) is 8.95. The molecule has 0 aromatic heterocycles. The predicted molar refractivity (Wildman–Crippen MR) is 136 cm³/mol. The summed E-state index contributed by atoms with van der Waals surface area (Å²) in [7, 11) is -2.07. The van der Waals surface area contributed by atoms with E-state index in [4.69, 9.17) is 18.6 Å². The molecule has 0 radical (unpaired) electrons. The van der Waals surface area contributed by atoms with Gasteiger partial charge >= 0.3 is 0 Å². The fourth-order valence-electron chi connectivity index (χ4n) is 6.08. The van der Waals surface area contributed by atoms with Crippen molar-refractivity contribution in [3.63, 3.8) is 0 Å². The summed E-state index contributed by atoms with van der Waals surface area (Å²) in [5.41, 5.74) is -0.127. The monoisotopic (exact) mass is 486 g/mol. The van der Waals surface area contributed by atoms with Gasteiger partial charge in [0.05, 0.1) is 25.2 Å². The lowest BCUT2D eigenvalue weighted by molar-refractivity contribution is -0.380. The molecule has 5 nitrogen and oxygen atoms in total. The van der Waals surface area contributed by atoms with Gasteiger partial charge in [-0.1, -0.05) is 64.7 Å². The van der Waals surface area contributed by atoms with Crippen LogP contribution < -0.4 is 4.74 Å². The van der Waals surface area contributed by atoms with Crippen LogP contribution in [0.4, 0.5) is 0 Å². The van der Waals surface area contributed by atoms with Crippen LogP contribution >= 0.6 is 0 Å². The number of hydrogen-bond acceptors (Lipinski definition) is 5. The van der Waals surface area contributed by atoms with Crippen molar-refractivity contribution in [1.29, 1.82) is 0 Å². The quantitative estimate of drug-likeness (QED) is 0.455. The second-order valence-corrected chi connectivity index (χ2v) is 16.8. The topological polar surface area (TPSA) is 57.2 Å². The van der Waals surface area contributed by atoms with E-state index in [0.717, 1.165) is 12.2 Å². The van der Waals surface area contributed by atoms with Crippen molar-refractivity contribution in [3.8, 4) is 17.6 Å². The molecule has 3 fully saturated rings. The number of fused-ring (bicyclic) bond motifs is 2. The molecular formula is C28H42O5Si. The van der Waals surface area contributed by atoms with Crippen LogP contribution in [0.1, 0.15) is 47.5 Å². The van der Waals surface area contributed by atoms with Crippen LogP contribution in [0.2, 0.25) is 18.1 Å². The zero-order valence-electron chi connectivity index (χ0n) is 21.9. The molecule has 34 heavy (non-hydrogen) atoms. The molecule has 1 aliphatic heterocycles. The number of hydrogen-bond donors (Lipinski definition) is 1. The maximum Gasteiger partial charge on any atom is 0.193 e. The molecule has 6 heteroatoms. The zero-order valence-corrected chi connectivity index (χ0v) is 22.9. The van der Waals surface area contributed by atoms with E-state index in [0.29, 0.717) is 26.2 Å². The van der Waals surface area contributed by atoms with Crippen molar-refractivity contribution in [2.24, 2.45) is 23.2 Å². The highest BCUT2D eigenvalue weighted by atomic mass is 28.4. The number of rotatable bonds is 5. The Morgan fingerprint density at radius 3 is 2.44 bits per heavy atom. The van der Waals surface area contributed by atoms with Crippen LogP contribution in [-0.2, 0) is 13.9 Å². The fraction of sp³-hybridized carbons (Fsp3) is 0.714. The zero-order chi connectivity index (χ0) is 24.8. The summed E-state index contributed by atoms with van der Waals surface area (Å²) >= 11 is 0. The average molecular weight is 487 g/mol. The van der Waals surface area contributed by atoms with Gasteiger partial charge in [0.1, 0.15) is 18.5 Å². The molecule has 6 atom stereocenters. The number of para-hydroxylation sites is 1. The van der Waals surface area contributed by atoms with E-state index in [1.54, 1.807) is 0 Å². The lowest BCUT2D eigenvalue weighted by Gasteiger charge is -2.68. The Labute approximate surface area is 206 Å².